The summed E-state index contributed by atoms with van der Waals surface area (Å²) >= 11 is 0. The highest BCUT2D eigenvalue weighted by Gasteiger charge is 2.41. The van der Waals surface area contributed by atoms with Gasteiger partial charge in [0.25, 0.3) is 0 Å². The van der Waals surface area contributed by atoms with Crippen LogP contribution in [0.2, 0.25) is 0 Å². The average molecular weight is 717 g/mol. The predicted molar refractivity (Wildman–Crippen MR) is 198 cm³/mol. The summed E-state index contributed by atoms with van der Waals surface area (Å²) < 4.78 is 46.8. The van der Waals surface area contributed by atoms with Gasteiger partial charge >= 0.3 is 0 Å². The van der Waals surface area contributed by atoms with Crippen molar-refractivity contribution in [3.63, 3.8) is 0 Å². The molecule has 0 spiro atoms. The zero-order valence-corrected chi connectivity index (χ0v) is 31.7. The van der Waals surface area contributed by atoms with Crippen LogP contribution in [0.25, 0.3) is 0 Å². The Bertz CT molecular complexity index is 1810. The first kappa shape index (κ1) is 38.6. The first-order valence-electron chi connectivity index (χ1n) is 17.5. The van der Waals surface area contributed by atoms with Gasteiger partial charge in [0.15, 0.2) is 34.5 Å². The van der Waals surface area contributed by atoms with Gasteiger partial charge in [-0.05, 0) is 109 Å². The monoisotopic (exact) mass is 716 g/mol. The first-order chi connectivity index (χ1) is 24.9. The number of methoxy groups -OCH3 is 5. The lowest BCUT2D eigenvalue weighted by molar-refractivity contribution is 0.0281. The van der Waals surface area contributed by atoms with E-state index in [4.69, 9.17) is 37.9 Å². The van der Waals surface area contributed by atoms with Crippen molar-refractivity contribution < 1.29 is 48.1 Å². The van der Waals surface area contributed by atoms with E-state index < -0.39 is 24.4 Å². The molecule has 8 atom stereocenters. The van der Waals surface area contributed by atoms with E-state index in [1.54, 1.807) is 60.7 Å². The molecule has 1 heterocycles. The Morgan fingerprint density at radius 1 is 0.500 bits per heavy atom. The third kappa shape index (κ3) is 8.04. The topological polar surface area (TPSA) is 114 Å². The van der Waals surface area contributed by atoms with E-state index in [-0.39, 0.29) is 24.0 Å². The van der Waals surface area contributed by atoms with Crippen molar-refractivity contribution in [3.8, 4) is 40.2 Å². The Kier molecular flexibility index (Phi) is 12.5. The highest BCUT2D eigenvalue weighted by molar-refractivity contribution is 5.47. The number of aryl methyl sites for hydroxylation is 1. The van der Waals surface area contributed by atoms with Crippen molar-refractivity contribution in [1.29, 1.82) is 0 Å². The third-order valence-electron chi connectivity index (χ3n) is 10.1. The van der Waals surface area contributed by atoms with E-state index in [1.807, 2.05) is 68.4 Å². The highest BCUT2D eigenvalue weighted by atomic mass is 16.5. The Morgan fingerprint density at radius 2 is 0.885 bits per heavy atom. The van der Waals surface area contributed by atoms with E-state index in [2.05, 4.69) is 13.8 Å². The molecule has 1 aliphatic heterocycles. The largest absolute Gasteiger partial charge is 0.496 e. The average Bonchev–Trinajstić information content (AvgIpc) is 3.46. The van der Waals surface area contributed by atoms with Crippen molar-refractivity contribution >= 4 is 0 Å². The molecule has 1 saturated heterocycles. The molecule has 5 rings (SSSR count). The lowest BCUT2D eigenvalue weighted by atomic mass is 9.85. The SMILES string of the molecule is COc1ccc([C@@H](O)[C@@H](C)Oc2ccc([C@H]3O[C@H](c4ccc(O[C@H](C)[C@H](O)c5ccc(OC)c(OC)c5)c(OC)c4)[C@H](C)[C@H]3C)cc2OC)cc1C. The number of hydrogen-bond donors (Lipinski definition) is 2. The smallest absolute Gasteiger partial charge is 0.161 e. The zero-order chi connectivity index (χ0) is 37.7. The normalized spacial score (nSPS) is 20.7. The van der Waals surface area contributed by atoms with Gasteiger partial charge in [0.05, 0.1) is 47.8 Å². The summed E-state index contributed by atoms with van der Waals surface area (Å²) in [5.74, 6) is 4.37. The van der Waals surface area contributed by atoms with Gasteiger partial charge in [-0.2, -0.15) is 0 Å². The minimum Gasteiger partial charge on any atom is -0.496 e. The molecule has 0 bridgehead atoms. The van der Waals surface area contributed by atoms with Crippen LogP contribution in [-0.4, -0.2) is 58.0 Å². The molecule has 10 heteroatoms. The maximum Gasteiger partial charge on any atom is 0.161 e. The van der Waals surface area contributed by atoms with Crippen LogP contribution in [0, 0.1) is 18.8 Å². The van der Waals surface area contributed by atoms with Crippen molar-refractivity contribution in [2.45, 2.75) is 71.2 Å². The molecule has 1 fully saturated rings. The molecule has 0 amide bonds. The second-order valence-corrected chi connectivity index (χ2v) is 13.4. The lowest BCUT2D eigenvalue weighted by Crippen LogP contribution is -2.22. The molecule has 2 N–H and O–H groups in total. The number of hydrogen-bond acceptors (Lipinski definition) is 10. The summed E-state index contributed by atoms with van der Waals surface area (Å²) in [6, 6.07) is 22.5. The van der Waals surface area contributed by atoms with E-state index in [0.717, 1.165) is 28.0 Å². The number of aliphatic hydroxyl groups is 2. The predicted octanol–water partition coefficient (Wildman–Crippen LogP) is 8.12. The summed E-state index contributed by atoms with van der Waals surface area (Å²) in [5.41, 5.74) is 4.25. The summed E-state index contributed by atoms with van der Waals surface area (Å²) in [7, 11) is 7.95. The fraction of sp³-hybridized carbons (Fsp3) is 0.429. The summed E-state index contributed by atoms with van der Waals surface area (Å²) in [5, 5.41) is 22.2. The number of benzene rings is 4. The summed E-state index contributed by atoms with van der Waals surface area (Å²) in [6.07, 6.45) is -3.33. The zero-order valence-electron chi connectivity index (χ0n) is 31.7. The first-order valence-corrected chi connectivity index (χ1v) is 17.5. The minimum atomic E-state index is -0.927. The van der Waals surface area contributed by atoms with Gasteiger partial charge in [0, 0.05) is 0 Å². The molecule has 10 nitrogen and oxygen atoms in total. The third-order valence-corrected chi connectivity index (χ3v) is 10.1. The van der Waals surface area contributed by atoms with E-state index in [1.165, 1.54) is 0 Å². The minimum absolute atomic E-state index is 0.178. The quantitative estimate of drug-likeness (QED) is 0.125. The van der Waals surface area contributed by atoms with Crippen molar-refractivity contribution in [2.24, 2.45) is 11.8 Å². The number of ether oxygens (including phenoxy) is 8. The standard InChI is InChI=1S/C42H52O10/c1-23-19-28(11-15-32(23)45-6)39(43)26(4)50-34-17-13-30(21-37(34)48-9)41-24(2)25(3)42(52-41)31-14-18-35(38(22-31)49-10)51-27(5)40(44)29-12-16-33(46-7)36(20-29)47-8/h11-22,24-27,39-44H,1-10H3/t24-,25-,26-,27-,39+,40+,41+,42+/m1/s1. The molecule has 0 saturated carbocycles. The van der Waals surface area contributed by atoms with Crippen LogP contribution in [0.15, 0.2) is 72.8 Å². The number of aliphatic hydroxyl groups excluding tert-OH is 2. The molecule has 1 aliphatic rings. The van der Waals surface area contributed by atoms with Crippen LogP contribution in [-0.2, 0) is 4.74 Å². The Balaban J connectivity index is 1.29. The lowest BCUT2D eigenvalue weighted by Gasteiger charge is -2.24. The van der Waals surface area contributed by atoms with Crippen LogP contribution >= 0.6 is 0 Å². The summed E-state index contributed by atoms with van der Waals surface area (Å²) in [4.78, 5) is 0. The van der Waals surface area contributed by atoms with Gasteiger partial charge in [-0.25, -0.2) is 0 Å². The van der Waals surface area contributed by atoms with Gasteiger partial charge in [-0.3, -0.25) is 0 Å². The second kappa shape index (κ2) is 16.8. The molecule has 0 aliphatic carbocycles. The fourth-order valence-corrected chi connectivity index (χ4v) is 6.83. The molecule has 52 heavy (non-hydrogen) atoms. The van der Waals surface area contributed by atoms with Crippen molar-refractivity contribution in [2.75, 3.05) is 35.5 Å². The van der Waals surface area contributed by atoms with E-state index in [0.29, 0.717) is 40.1 Å². The van der Waals surface area contributed by atoms with Crippen LogP contribution < -0.4 is 33.2 Å². The summed E-state index contributed by atoms with van der Waals surface area (Å²) in [6.45, 7) is 9.95. The van der Waals surface area contributed by atoms with Gasteiger partial charge in [-0.1, -0.05) is 38.1 Å². The molecule has 4 aromatic rings. The highest BCUT2D eigenvalue weighted by Crippen LogP contribution is 2.51. The molecular weight excluding hydrogens is 664 g/mol. The van der Waals surface area contributed by atoms with E-state index in [9.17, 15) is 10.2 Å². The van der Waals surface area contributed by atoms with Gasteiger partial charge in [-0.15, -0.1) is 0 Å². The van der Waals surface area contributed by atoms with Gasteiger partial charge in [0.2, 0.25) is 0 Å². The van der Waals surface area contributed by atoms with Crippen LogP contribution in [0.4, 0.5) is 0 Å². The molecule has 0 aromatic heterocycles. The van der Waals surface area contributed by atoms with Crippen LogP contribution in [0.5, 0.6) is 40.2 Å². The second-order valence-electron chi connectivity index (χ2n) is 13.4. The molecular formula is C42H52O10. The molecule has 0 unspecified atom stereocenters. The van der Waals surface area contributed by atoms with Gasteiger partial charge in [0.1, 0.15) is 30.2 Å². The van der Waals surface area contributed by atoms with Crippen molar-refractivity contribution in [3.05, 3.63) is 101 Å². The van der Waals surface area contributed by atoms with E-state index >= 15 is 0 Å². The maximum absolute atomic E-state index is 11.1. The Hall–Kier alpha value is -4.64. The molecule has 280 valence electrons. The molecule has 4 aromatic carbocycles. The Morgan fingerprint density at radius 3 is 1.31 bits per heavy atom. The Labute approximate surface area is 307 Å². The maximum atomic E-state index is 11.1. The van der Waals surface area contributed by atoms with Crippen LogP contribution in [0.3, 0.4) is 0 Å². The fourth-order valence-electron chi connectivity index (χ4n) is 6.83. The van der Waals surface area contributed by atoms with Crippen molar-refractivity contribution in [1.82, 2.24) is 0 Å². The molecule has 0 radical (unpaired) electrons. The van der Waals surface area contributed by atoms with Crippen LogP contribution in [0.1, 0.15) is 79.9 Å². The van der Waals surface area contributed by atoms with Gasteiger partial charge < -0.3 is 48.1 Å². The number of rotatable bonds is 15.